The number of nitrogens with two attached hydrogens (primary N) is 1. The van der Waals surface area contributed by atoms with Gasteiger partial charge in [0.15, 0.2) is 0 Å². The van der Waals surface area contributed by atoms with Gasteiger partial charge in [0.05, 0.1) is 0 Å². The third kappa shape index (κ3) is 10.1. The first kappa shape index (κ1) is 18.6. The van der Waals surface area contributed by atoms with Crippen LogP contribution < -0.4 is 16.4 Å². The molecule has 2 amide bonds. The second-order valence-electron chi connectivity index (χ2n) is 4.75. The molecule has 0 aromatic rings. The van der Waals surface area contributed by atoms with Crippen LogP contribution in [-0.2, 0) is 9.59 Å². The minimum atomic E-state index is -0.385. The Balaban J connectivity index is 0. The molecule has 0 aliphatic carbocycles. The summed E-state index contributed by atoms with van der Waals surface area (Å²) in [5.41, 5.74) is 4.90. The molecule has 0 fully saturated rings. The van der Waals surface area contributed by atoms with Crippen molar-refractivity contribution in [3.8, 4) is 0 Å². The number of amides is 2. The summed E-state index contributed by atoms with van der Waals surface area (Å²) in [6.07, 6.45) is 1.14. The lowest BCUT2D eigenvalue weighted by atomic mass is 9.96. The standard InChI is InChI=1S/C11H23N3O2.ClH/c1-11(2,3)10(16)14-8-7-13-9(15)5-4-6-12;/h4-8,12H2,1-3H3,(H,13,15)(H,14,16);1H. The lowest BCUT2D eigenvalue weighted by molar-refractivity contribution is -0.128. The molecule has 0 aliphatic rings. The van der Waals surface area contributed by atoms with E-state index in [1.54, 1.807) is 0 Å². The van der Waals surface area contributed by atoms with E-state index in [9.17, 15) is 9.59 Å². The maximum absolute atomic E-state index is 11.4. The van der Waals surface area contributed by atoms with Gasteiger partial charge in [-0.25, -0.2) is 0 Å². The van der Waals surface area contributed by atoms with Gasteiger partial charge in [-0.3, -0.25) is 9.59 Å². The van der Waals surface area contributed by atoms with Crippen molar-refractivity contribution < 1.29 is 9.59 Å². The first-order valence-corrected chi connectivity index (χ1v) is 5.63. The first-order chi connectivity index (χ1) is 7.38. The van der Waals surface area contributed by atoms with Gasteiger partial charge in [0.2, 0.25) is 11.8 Å². The van der Waals surface area contributed by atoms with Crippen molar-refractivity contribution in [2.24, 2.45) is 11.1 Å². The molecule has 0 aliphatic heterocycles. The highest BCUT2D eigenvalue weighted by atomic mass is 35.5. The minimum absolute atomic E-state index is 0. The first-order valence-electron chi connectivity index (χ1n) is 5.63. The Labute approximate surface area is 109 Å². The van der Waals surface area contributed by atoms with Gasteiger partial charge in [0.25, 0.3) is 0 Å². The largest absolute Gasteiger partial charge is 0.354 e. The fourth-order valence-corrected chi connectivity index (χ4v) is 0.994. The van der Waals surface area contributed by atoms with E-state index in [1.165, 1.54) is 0 Å². The number of hydrogen-bond donors (Lipinski definition) is 3. The number of carbonyl (C=O) groups excluding carboxylic acids is 2. The molecule has 17 heavy (non-hydrogen) atoms. The maximum Gasteiger partial charge on any atom is 0.225 e. The molecule has 0 aromatic carbocycles. The number of carbonyl (C=O) groups is 2. The van der Waals surface area contributed by atoms with Crippen molar-refractivity contribution in [1.82, 2.24) is 10.6 Å². The van der Waals surface area contributed by atoms with E-state index >= 15 is 0 Å². The molecule has 4 N–H and O–H groups in total. The van der Waals surface area contributed by atoms with Crippen LogP contribution in [0.25, 0.3) is 0 Å². The Bertz CT molecular complexity index is 239. The molecule has 6 heteroatoms. The van der Waals surface area contributed by atoms with E-state index in [1.807, 2.05) is 20.8 Å². The number of rotatable bonds is 6. The lowest BCUT2D eigenvalue weighted by Crippen LogP contribution is -2.39. The summed E-state index contributed by atoms with van der Waals surface area (Å²) in [4.78, 5) is 22.6. The van der Waals surface area contributed by atoms with Crippen LogP contribution >= 0.6 is 12.4 Å². The average molecular weight is 266 g/mol. The number of hydrogen-bond acceptors (Lipinski definition) is 3. The average Bonchev–Trinajstić information content (AvgIpc) is 2.19. The van der Waals surface area contributed by atoms with Crippen molar-refractivity contribution in [2.45, 2.75) is 33.6 Å². The van der Waals surface area contributed by atoms with E-state index in [0.717, 1.165) is 0 Å². The molecular formula is C11H24ClN3O2. The minimum Gasteiger partial charge on any atom is -0.354 e. The zero-order chi connectivity index (χ0) is 12.6. The molecule has 0 bridgehead atoms. The Kier molecular flexibility index (Phi) is 10.1. The van der Waals surface area contributed by atoms with E-state index in [-0.39, 0.29) is 29.6 Å². The van der Waals surface area contributed by atoms with Gasteiger partial charge in [-0.2, -0.15) is 0 Å². The third-order valence-corrected chi connectivity index (χ3v) is 2.02. The Hall–Kier alpha value is -0.810. The van der Waals surface area contributed by atoms with Crippen LogP contribution in [0.5, 0.6) is 0 Å². The maximum atomic E-state index is 11.4. The molecule has 0 rings (SSSR count). The molecule has 0 aromatic heterocycles. The van der Waals surface area contributed by atoms with E-state index in [0.29, 0.717) is 32.5 Å². The van der Waals surface area contributed by atoms with E-state index in [4.69, 9.17) is 5.73 Å². The fourth-order valence-electron chi connectivity index (χ4n) is 0.994. The predicted octanol–water partition coefficient (Wildman–Crippen LogP) is 0.426. The van der Waals surface area contributed by atoms with Crippen molar-refractivity contribution >= 4 is 24.2 Å². The highest BCUT2D eigenvalue weighted by Crippen LogP contribution is 2.11. The quantitative estimate of drug-likeness (QED) is 0.609. The monoisotopic (exact) mass is 265 g/mol. The van der Waals surface area contributed by atoms with Gasteiger partial charge in [-0.1, -0.05) is 20.8 Å². The van der Waals surface area contributed by atoms with Crippen LogP contribution in [0.2, 0.25) is 0 Å². The van der Waals surface area contributed by atoms with Crippen LogP contribution in [0, 0.1) is 5.41 Å². The van der Waals surface area contributed by atoms with Crippen LogP contribution in [0.3, 0.4) is 0 Å². The summed E-state index contributed by atoms with van der Waals surface area (Å²) in [5.74, 6) is -0.0286. The van der Waals surface area contributed by atoms with Crippen molar-refractivity contribution in [2.75, 3.05) is 19.6 Å². The molecule has 0 atom stereocenters. The smallest absolute Gasteiger partial charge is 0.225 e. The summed E-state index contributed by atoms with van der Waals surface area (Å²) in [6.45, 7) is 7.00. The molecule has 0 unspecified atom stereocenters. The van der Waals surface area contributed by atoms with Gasteiger partial charge >= 0.3 is 0 Å². The molecule has 0 saturated heterocycles. The highest BCUT2D eigenvalue weighted by Gasteiger charge is 2.20. The highest BCUT2D eigenvalue weighted by molar-refractivity contribution is 5.85. The van der Waals surface area contributed by atoms with Crippen molar-refractivity contribution in [1.29, 1.82) is 0 Å². The lowest BCUT2D eigenvalue weighted by Gasteiger charge is -2.17. The molecular weight excluding hydrogens is 242 g/mol. The van der Waals surface area contributed by atoms with Gasteiger partial charge < -0.3 is 16.4 Å². The zero-order valence-corrected chi connectivity index (χ0v) is 11.7. The molecule has 0 saturated carbocycles. The van der Waals surface area contributed by atoms with Gasteiger partial charge in [0.1, 0.15) is 0 Å². The SMILES string of the molecule is CC(C)(C)C(=O)NCCNC(=O)CCCN.Cl. The van der Waals surface area contributed by atoms with Gasteiger partial charge in [-0.15, -0.1) is 12.4 Å². The van der Waals surface area contributed by atoms with Crippen molar-refractivity contribution in [3.05, 3.63) is 0 Å². The summed E-state index contributed by atoms with van der Waals surface area (Å²) in [7, 11) is 0. The molecule has 0 heterocycles. The van der Waals surface area contributed by atoms with Crippen LogP contribution in [0.15, 0.2) is 0 Å². The topological polar surface area (TPSA) is 84.2 Å². The van der Waals surface area contributed by atoms with Crippen LogP contribution in [0.4, 0.5) is 0 Å². The number of nitrogens with one attached hydrogen (secondary N) is 2. The van der Waals surface area contributed by atoms with E-state index < -0.39 is 0 Å². The summed E-state index contributed by atoms with van der Waals surface area (Å²) >= 11 is 0. The molecule has 5 nitrogen and oxygen atoms in total. The summed E-state index contributed by atoms with van der Waals surface area (Å²) < 4.78 is 0. The Morgan fingerprint density at radius 3 is 2.12 bits per heavy atom. The second-order valence-corrected chi connectivity index (χ2v) is 4.75. The molecule has 0 radical (unpaired) electrons. The molecule has 0 spiro atoms. The van der Waals surface area contributed by atoms with Crippen LogP contribution in [0.1, 0.15) is 33.6 Å². The fraction of sp³-hybridized carbons (Fsp3) is 0.818. The predicted molar refractivity (Wildman–Crippen MR) is 71.0 cm³/mol. The number of halogens is 1. The Morgan fingerprint density at radius 1 is 1.12 bits per heavy atom. The molecule has 102 valence electrons. The second kappa shape index (κ2) is 9.24. The third-order valence-electron chi connectivity index (χ3n) is 2.02. The normalized spacial score (nSPS) is 10.4. The van der Waals surface area contributed by atoms with E-state index in [2.05, 4.69) is 10.6 Å². The van der Waals surface area contributed by atoms with Crippen LogP contribution in [-0.4, -0.2) is 31.4 Å². The summed E-state index contributed by atoms with van der Waals surface area (Å²) in [5, 5.41) is 5.47. The van der Waals surface area contributed by atoms with Crippen molar-refractivity contribution in [3.63, 3.8) is 0 Å². The van der Waals surface area contributed by atoms with Gasteiger partial charge in [-0.05, 0) is 13.0 Å². The Morgan fingerprint density at radius 2 is 1.65 bits per heavy atom. The summed E-state index contributed by atoms with van der Waals surface area (Å²) in [6, 6.07) is 0. The zero-order valence-electron chi connectivity index (χ0n) is 10.8. The van der Waals surface area contributed by atoms with Gasteiger partial charge in [0, 0.05) is 24.9 Å².